The van der Waals surface area contributed by atoms with Gasteiger partial charge in [-0.15, -0.1) is 22.7 Å². The summed E-state index contributed by atoms with van der Waals surface area (Å²) in [5.41, 5.74) is 6.12. The van der Waals surface area contributed by atoms with E-state index in [1.165, 1.54) is 4.70 Å². The second-order valence-electron chi connectivity index (χ2n) is 7.50. The van der Waals surface area contributed by atoms with Gasteiger partial charge in [0.15, 0.2) is 6.20 Å². The van der Waals surface area contributed by atoms with Crippen molar-refractivity contribution < 1.29 is 13.4 Å². The fraction of sp³-hybridized carbons (Fsp3) is 0.0800. The molecule has 5 heteroatoms. The van der Waals surface area contributed by atoms with E-state index in [0.717, 1.165) is 43.4 Å². The molecule has 6 aromatic rings. The number of rotatable bonds is 2. The first-order chi connectivity index (χ1) is 14.6. The number of nitrogens with zero attached hydrogens (tertiary/aromatic N) is 1. The van der Waals surface area contributed by atoms with Crippen LogP contribution >= 0.6 is 22.7 Å². The fourth-order valence-corrected chi connectivity index (χ4v) is 6.37. The van der Waals surface area contributed by atoms with Crippen LogP contribution in [0.4, 0.5) is 4.39 Å². The Labute approximate surface area is 180 Å². The SMILES string of the molecule is Cc1ccc2c(oc3c(-c4csc5ccsc45)c(F)ccc32)c1-c1cccc[n+]1C. The highest BCUT2D eigenvalue weighted by molar-refractivity contribution is 7.26. The van der Waals surface area contributed by atoms with Crippen molar-refractivity contribution in [2.45, 2.75) is 6.92 Å². The summed E-state index contributed by atoms with van der Waals surface area (Å²) in [5.74, 6) is -0.252. The van der Waals surface area contributed by atoms with Crippen LogP contribution in [0.25, 0.3) is 53.7 Å². The van der Waals surface area contributed by atoms with Gasteiger partial charge in [-0.3, -0.25) is 0 Å². The number of halogens is 1. The lowest BCUT2D eigenvalue weighted by Gasteiger charge is -2.05. The monoisotopic (exact) mass is 430 g/mol. The third kappa shape index (κ3) is 2.42. The maximum Gasteiger partial charge on any atom is 0.216 e. The van der Waals surface area contributed by atoms with Crippen molar-refractivity contribution in [3.63, 3.8) is 0 Å². The summed E-state index contributed by atoms with van der Waals surface area (Å²) in [6.45, 7) is 2.09. The number of hydrogen-bond acceptors (Lipinski definition) is 3. The zero-order valence-corrected chi connectivity index (χ0v) is 18.0. The van der Waals surface area contributed by atoms with Crippen LogP contribution in [0.1, 0.15) is 5.56 Å². The minimum absolute atomic E-state index is 0.252. The van der Waals surface area contributed by atoms with Crippen molar-refractivity contribution in [2.24, 2.45) is 7.05 Å². The summed E-state index contributed by atoms with van der Waals surface area (Å²) in [5, 5.41) is 6.04. The van der Waals surface area contributed by atoms with E-state index in [2.05, 4.69) is 41.1 Å². The van der Waals surface area contributed by atoms with Gasteiger partial charge in [-0.1, -0.05) is 12.1 Å². The third-order valence-corrected chi connectivity index (χ3v) is 7.75. The average molecular weight is 431 g/mol. The van der Waals surface area contributed by atoms with Crippen molar-refractivity contribution >= 4 is 54.0 Å². The molecule has 0 unspecified atom stereocenters. The molecule has 6 rings (SSSR count). The molecule has 30 heavy (non-hydrogen) atoms. The topological polar surface area (TPSA) is 17.0 Å². The van der Waals surface area contributed by atoms with Crippen molar-refractivity contribution in [1.82, 2.24) is 0 Å². The van der Waals surface area contributed by atoms with Gasteiger partial charge in [0.05, 0.1) is 15.8 Å². The van der Waals surface area contributed by atoms with E-state index in [1.807, 2.05) is 36.8 Å². The van der Waals surface area contributed by atoms with E-state index in [4.69, 9.17) is 4.42 Å². The highest BCUT2D eigenvalue weighted by atomic mass is 32.1. The van der Waals surface area contributed by atoms with Gasteiger partial charge in [0.1, 0.15) is 24.0 Å². The minimum Gasteiger partial charge on any atom is -0.454 e. The molecule has 0 amide bonds. The molecule has 0 radical (unpaired) electrons. The number of fused-ring (bicyclic) bond motifs is 4. The van der Waals surface area contributed by atoms with Gasteiger partial charge in [0.25, 0.3) is 0 Å². The smallest absolute Gasteiger partial charge is 0.216 e. The minimum atomic E-state index is -0.252. The molecule has 146 valence electrons. The van der Waals surface area contributed by atoms with E-state index in [0.29, 0.717) is 11.1 Å². The predicted molar refractivity (Wildman–Crippen MR) is 124 cm³/mol. The first-order valence-electron chi connectivity index (χ1n) is 9.68. The van der Waals surface area contributed by atoms with E-state index in [-0.39, 0.29) is 5.82 Å². The largest absolute Gasteiger partial charge is 0.454 e. The van der Waals surface area contributed by atoms with Gasteiger partial charge in [-0.05, 0) is 42.1 Å². The van der Waals surface area contributed by atoms with Crippen LogP contribution in [-0.2, 0) is 7.05 Å². The second kappa shape index (κ2) is 6.49. The first-order valence-corrected chi connectivity index (χ1v) is 11.4. The maximum atomic E-state index is 15.2. The van der Waals surface area contributed by atoms with Crippen LogP contribution in [0.15, 0.2) is 69.9 Å². The van der Waals surface area contributed by atoms with E-state index in [1.54, 1.807) is 28.7 Å². The van der Waals surface area contributed by atoms with Gasteiger partial charge in [0, 0.05) is 38.5 Å². The number of benzene rings is 2. The number of furan rings is 1. The molecule has 2 aromatic carbocycles. The Morgan fingerprint density at radius 3 is 2.53 bits per heavy atom. The zero-order valence-electron chi connectivity index (χ0n) is 16.4. The Bertz CT molecular complexity index is 1590. The molecule has 2 nitrogen and oxygen atoms in total. The fourth-order valence-electron chi connectivity index (χ4n) is 4.27. The Morgan fingerprint density at radius 2 is 1.70 bits per heavy atom. The normalized spacial score (nSPS) is 11.8. The number of hydrogen-bond donors (Lipinski definition) is 0. The third-order valence-electron chi connectivity index (χ3n) is 5.72. The summed E-state index contributed by atoms with van der Waals surface area (Å²) < 4.78 is 26.0. The molecular weight excluding hydrogens is 413 g/mol. The summed E-state index contributed by atoms with van der Waals surface area (Å²) in [4.78, 5) is 0. The molecular formula is C25H17FNOS2+. The quantitative estimate of drug-likeness (QED) is 0.260. The first kappa shape index (κ1) is 17.8. The number of pyridine rings is 1. The highest BCUT2D eigenvalue weighted by Gasteiger charge is 2.24. The lowest BCUT2D eigenvalue weighted by atomic mass is 9.99. The van der Waals surface area contributed by atoms with Crippen LogP contribution in [0.5, 0.6) is 0 Å². The number of aryl methyl sites for hydroxylation is 2. The molecule has 0 aliphatic carbocycles. The lowest BCUT2D eigenvalue weighted by Crippen LogP contribution is -2.30. The van der Waals surface area contributed by atoms with Crippen molar-refractivity contribution in [3.8, 4) is 22.4 Å². The molecule has 0 saturated heterocycles. The maximum absolute atomic E-state index is 15.2. The molecule has 4 aromatic heterocycles. The summed E-state index contributed by atoms with van der Waals surface area (Å²) >= 11 is 3.29. The molecule has 0 atom stereocenters. The van der Waals surface area contributed by atoms with Gasteiger partial charge >= 0.3 is 0 Å². The van der Waals surface area contributed by atoms with E-state index < -0.39 is 0 Å². The molecule has 0 spiro atoms. The molecule has 4 heterocycles. The standard InChI is InChI=1S/C25H17FNOS2/c1-14-6-7-15-16-8-9-18(26)22(17-13-30-20-10-12-29-25(17)20)24(16)28-23(15)21(14)19-5-3-4-11-27(19)2/h3-13H,1-2H3/q+1. The Balaban J connectivity index is 1.75. The van der Waals surface area contributed by atoms with Crippen LogP contribution in [-0.4, -0.2) is 0 Å². The van der Waals surface area contributed by atoms with Gasteiger partial charge in [-0.25, -0.2) is 8.96 Å². The summed E-state index contributed by atoms with van der Waals surface area (Å²) in [7, 11) is 2.03. The van der Waals surface area contributed by atoms with Crippen LogP contribution < -0.4 is 4.57 Å². The molecule has 0 aliphatic heterocycles. The molecule has 0 N–H and O–H groups in total. The zero-order chi connectivity index (χ0) is 20.4. The summed E-state index contributed by atoms with van der Waals surface area (Å²) in [6, 6.07) is 15.8. The van der Waals surface area contributed by atoms with Crippen molar-refractivity contribution in [2.75, 3.05) is 0 Å². The van der Waals surface area contributed by atoms with Crippen LogP contribution in [0.3, 0.4) is 0 Å². The van der Waals surface area contributed by atoms with Gasteiger partial charge in [-0.2, -0.15) is 0 Å². The Kier molecular flexibility index (Phi) is 3.85. The number of aromatic nitrogens is 1. The highest BCUT2D eigenvalue weighted by Crippen LogP contribution is 2.45. The molecule has 0 bridgehead atoms. The van der Waals surface area contributed by atoms with Gasteiger partial charge < -0.3 is 4.42 Å². The Morgan fingerprint density at radius 1 is 0.900 bits per heavy atom. The van der Waals surface area contributed by atoms with E-state index in [9.17, 15) is 0 Å². The molecule has 0 aliphatic rings. The van der Waals surface area contributed by atoms with Crippen molar-refractivity contribution in [1.29, 1.82) is 0 Å². The van der Waals surface area contributed by atoms with Crippen molar-refractivity contribution in [3.05, 3.63) is 76.9 Å². The second-order valence-corrected chi connectivity index (χ2v) is 9.32. The lowest BCUT2D eigenvalue weighted by molar-refractivity contribution is -0.660. The average Bonchev–Trinajstić information content (AvgIpc) is 3.43. The molecule has 0 saturated carbocycles. The number of thiophene rings is 2. The predicted octanol–water partition coefficient (Wildman–Crippen LogP) is 7.47. The van der Waals surface area contributed by atoms with E-state index >= 15 is 4.39 Å². The molecule has 0 fully saturated rings. The van der Waals surface area contributed by atoms with Crippen LogP contribution in [0.2, 0.25) is 0 Å². The summed E-state index contributed by atoms with van der Waals surface area (Å²) in [6.07, 6.45) is 2.03. The Hall–Kier alpha value is -3.02. The van der Waals surface area contributed by atoms with Crippen LogP contribution in [0, 0.1) is 12.7 Å². The van der Waals surface area contributed by atoms with Gasteiger partial charge in [0.2, 0.25) is 5.69 Å².